The summed E-state index contributed by atoms with van der Waals surface area (Å²) < 4.78 is 10.9. The summed E-state index contributed by atoms with van der Waals surface area (Å²) in [6.45, 7) is 3.10. The number of fused-ring (bicyclic) bond motifs is 1. The number of guanidine groups is 1. The minimum absolute atomic E-state index is 0.00180. The summed E-state index contributed by atoms with van der Waals surface area (Å²) in [5.41, 5.74) is 8.07. The summed E-state index contributed by atoms with van der Waals surface area (Å²) in [5, 5.41) is 6.23. The fourth-order valence-corrected chi connectivity index (χ4v) is 3.41. The first-order chi connectivity index (χ1) is 11.7. The number of methoxy groups -OCH3 is 1. The van der Waals surface area contributed by atoms with Crippen LogP contribution in [0.1, 0.15) is 41.8 Å². The summed E-state index contributed by atoms with van der Waals surface area (Å²) in [6, 6.07) is 8.13. The van der Waals surface area contributed by atoms with Gasteiger partial charge < -0.3 is 20.5 Å². The number of ether oxygens (including phenoxy) is 2. The Bertz CT molecular complexity index is 716. The van der Waals surface area contributed by atoms with Crippen molar-refractivity contribution in [2.45, 2.75) is 32.0 Å². The molecule has 2 atom stereocenters. The molecule has 24 heavy (non-hydrogen) atoms. The molecule has 1 aromatic carbocycles. The molecular formula is C17H22N4O2S. The molecule has 3 rings (SSSR count). The SMILES string of the molecule is COC(C)c1nc(CN=C(N)NC2CCOc3ccccc32)cs1. The van der Waals surface area contributed by atoms with Crippen molar-refractivity contribution in [1.82, 2.24) is 10.3 Å². The third-order valence-electron chi connectivity index (χ3n) is 3.96. The number of nitrogens with one attached hydrogen (secondary N) is 1. The van der Waals surface area contributed by atoms with Crippen LogP contribution < -0.4 is 15.8 Å². The Morgan fingerprint density at radius 2 is 2.38 bits per heavy atom. The number of nitrogens with zero attached hydrogens (tertiary/aromatic N) is 2. The van der Waals surface area contributed by atoms with Crippen LogP contribution in [-0.2, 0) is 11.3 Å². The van der Waals surface area contributed by atoms with Gasteiger partial charge in [0.15, 0.2) is 5.96 Å². The number of hydrogen-bond donors (Lipinski definition) is 2. The number of nitrogens with two attached hydrogens (primary N) is 1. The highest BCUT2D eigenvalue weighted by Crippen LogP contribution is 2.31. The van der Waals surface area contributed by atoms with Gasteiger partial charge in [0.2, 0.25) is 0 Å². The van der Waals surface area contributed by atoms with Crippen molar-refractivity contribution in [3.63, 3.8) is 0 Å². The molecule has 1 aliphatic heterocycles. The third-order valence-corrected chi connectivity index (χ3v) is 5.02. The van der Waals surface area contributed by atoms with Crippen LogP contribution in [0, 0.1) is 0 Å². The van der Waals surface area contributed by atoms with Crippen LogP contribution in [0.3, 0.4) is 0 Å². The highest BCUT2D eigenvalue weighted by Gasteiger charge is 2.21. The largest absolute Gasteiger partial charge is 0.493 e. The summed E-state index contributed by atoms with van der Waals surface area (Å²) in [5.74, 6) is 1.33. The molecule has 2 unspecified atom stereocenters. The Hall–Kier alpha value is -2.12. The van der Waals surface area contributed by atoms with Gasteiger partial charge >= 0.3 is 0 Å². The van der Waals surface area contributed by atoms with Gasteiger partial charge in [-0.05, 0) is 13.0 Å². The second-order valence-corrected chi connectivity index (χ2v) is 6.52. The Morgan fingerprint density at radius 1 is 1.54 bits per heavy atom. The molecule has 0 saturated carbocycles. The van der Waals surface area contributed by atoms with E-state index in [2.05, 4.69) is 21.4 Å². The lowest BCUT2D eigenvalue weighted by atomic mass is 10.0. The molecule has 0 aliphatic carbocycles. The second kappa shape index (κ2) is 7.63. The summed E-state index contributed by atoms with van der Waals surface area (Å²) in [6.07, 6.45) is 0.862. The molecule has 1 aromatic heterocycles. The van der Waals surface area contributed by atoms with E-state index in [0.29, 0.717) is 19.1 Å². The van der Waals surface area contributed by atoms with Gasteiger partial charge in [0.1, 0.15) is 16.9 Å². The Labute approximate surface area is 145 Å². The van der Waals surface area contributed by atoms with Crippen molar-refractivity contribution < 1.29 is 9.47 Å². The number of aliphatic imine (C=N–C) groups is 1. The molecule has 2 aromatic rings. The number of rotatable bonds is 5. The Morgan fingerprint density at radius 3 is 3.21 bits per heavy atom. The summed E-state index contributed by atoms with van der Waals surface area (Å²) in [4.78, 5) is 8.92. The lowest BCUT2D eigenvalue weighted by molar-refractivity contribution is 0.119. The lowest BCUT2D eigenvalue weighted by Crippen LogP contribution is -2.37. The predicted octanol–water partition coefficient (Wildman–Crippen LogP) is 2.78. The fraction of sp³-hybridized carbons (Fsp3) is 0.412. The van der Waals surface area contributed by atoms with Crippen LogP contribution in [0.2, 0.25) is 0 Å². The molecule has 0 amide bonds. The van der Waals surface area contributed by atoms with E-state index in [4.69, 9.17) is 15.2 Å². The zero-order chi connectivity index (χ0) is 16.9. The molecule has 6 nitrogen and oxygen atoms in total. The van der Waals surface area contributed by atoms with Gasteiger partial charge in [-0.2, -0.15) is 0 Å². The minimum Gasteiger partial charge on any atom is -0.493 e. The number of para-hydroxylation sites is 1. The monoisotopic (exact) mass is 346 g/mol. The van der Waals surface area contributed by atoms with Crippen LogP contribution in [0.25, 0.3) is 0 Å². The summed E-state index contributed by atoms with van der Waals surface area (Å²) >= 11 is 1.58. The maximum absolute atomic E-state index is 6.05. The molecule has 7 heteroatoms. The highest BCUT2D eigenvalue weighted by atomic mass is 32.1. The third kappa shape index (κ3) is 3.85. The van der Waals surface area contributed by atoms with E-state index < -0.39 is 0 Å². The molecular weight excluding hydrogens is 324 g/mol. The van der Waals surface area contributed by atoms with Crippen LogP contribution in [-0.4, -0.2) is 24.7 Å². The van der Waals surface area contributed by atoms with Gasteiger partial charge in [-0.3, -0.25) is 0 Å². The van der Waals surface area contributed by atoms with Crippen molar-refractivity contribution in [2.24, 2.45) is 10.7 Å². The van der Waals surface area contributed by atoms with Gasteiger partial charge in [0, 0.05) is 24.5 Å². The number of thiazole rings is 1. The molecule has 0 radical (unpaired) electrons. The van der Waals surface area contributed by atoms with E-state index in [1.54, 1.807) is 18.4 Å². The maximum Gasteiger partial charge on any atom is 0.189 e. The Kier molecular flexibility index (Phi) is 5.32. The van der Waals surface area contributed by atoms with E-state index in [1.165, 1.54) is 0 Å². The molecule has 128 valence electrons. The zero-order valence-electron chi connectivity index (χ0n) is 13.9. The minimum atomic E-state index is 0.00180. The molecule has 0 saturated heterocycles. The van der Waals surface area contributed by atoms with Crippen LogP contribution in [0.15, 0.2) is 34.6 Å². The van der Waals surface area contributed by atoms with Crippen molar-refractivity contribution in [3.05, 3.63) is 45.9 Å². The normalized spacial score (nSPS) is 18.6. The highest BCUT2D eigenvalue weighted by molar-refractivity contribution is 7.09. The van der Waals surface area contributed by atoms with E-state index in [0.717, 1.165) is 28.4 Å². The van der Waals surface area contributed by atoms with E-state index in [1.807, 2.05) is 30.5 Å². The van der Waals surface area contributed by atoms with Gasteiger partial charge in [-0.15, -0.1) is 11.3 Å². The first-order valence-corrected chi connectivity index (χ1v) is 8.80. The fourth-order valence-electron chi connectivity index (χ4n) is 2.57. The molecule has 0 fully saturated rings. The topological polar surface area (TPSA) is 81.8 Å². The first-order valence-electron chi connectivity index (χ1n) is 7.92. The zero-order valence-corrected chi connectivity index (χ0v) is 14.7. The van der Waals surface area contributed by atoms with Crippen molar-refractivity contribution in [1.29, 1.82) is 0 Å². The van der Waals surface area contributed by atoms with Crippen LogP contribution in [0.4, 0.5) is 0 Å². The predicted molar refractivity (Wildman–Crippen MR) is 95.3 cm³/mol. The summed E-state index contributed by atoms with van der Waals surface area (Å²) in [7, 11) is 1.68. The van der Waals surface area contributed by atoms with E-state index >= 15 is 0 Å². The van der Waals surface area contributed by atoms with Crippen LogP contribution in [0.5, 0.6) is 5.75 Å². The number of aromatic nitrogens is 1. The first kappa shape index (κ1) is 16.7. The van der Waals surface area contributed by atoms with E-state index in [-0.39, 0.29) is 12.1 Å². The number of hydrogen-bond acceptors (Lipinski definition) is 5. The van der Waals surface area contributed by atoms with E-state index in [9.17, 15) is 0 Å². The lowest BCUT2D eigenvalue weighted by Gasteiger charge is -2.26. The Balaban J connectivity index is 1.62. The number of benzene rings is 1. The molecule has 3 N–H and O–H groups in total. The van der Waals surface area contributed by atoms with Crippen LogP contribution >= 0.6 is 11.3 Å². The van der Waals surface area contributed by atoms with Gasteiger partial charge in [-0.25, -0.2) is 9.98 Å². The van der Waals surface area contributed by atoms with Gasteiger partial charge in [-0.1, -0.05) is 18.2 Å². The standard InChI is InChI=1S/C17H22N4O2S/c1-11(22-2)16-20-12(10-24-16)9-19-17(18)21-14-7-8-23-15-6-4-3-5-13(14)15/h3-6,10-11,14H,7-9H2,1-2H3,(H3,18,19,21). The second-order valence-electron chi connectivity index (χ2n) is 5.63. The van der Waals surface area contributed by atoms with Crippen molar-refractivity contribution >= 4 is 17.3 Å². The van der Waals surface area contributed by atoms with Crippen molar-refractivity contribution in [3.8, 4) is 5.75 Å². The average molecular weight is 346 g/mol. The van der Waals surface area contributed by atoms with Gasteiger partial charge in [0.05, 0.1) is 24.9 Å². The molecule has 1 aliphatic rings. The van der Waals surface area contributed by atoms with Crippen molar-refractivity contribution in [2.75, 3.05) is 13.7 Å². The maximum atomic E-state index is 6.05. The quantitative estimate of drug-likeness (QED) is 0.643. The average Bonchev–Trinajstić information content (AvgIpc) is 3.09. The molecule has 2 heterocycles. The molecule has 0 spiro atoms. The smallest absolute Gasteiger partial charge is 0.189 e. The molecule has 0 bridgehead atoms. The van der Waals surface area contributed by atoms with Gasteiger partial charge in [0.25, 0.3) is 0 Å².